The molecule has 9 rings (SSSR count). The third kappa shape index (κ3) is 2.62. The molecule has 28 heavy (non-hydrogen) atoms. The van der Waals surface area contributed by atoms with Crippen molar-refractivity contribution in [2.45, 2.75) is 56.1 Å². The number of aromatic amines is 1. The molecule has 7 aliphatic rings. The van der Waals surface area contributed by atoms with Crippen molar-refractivity contribution in [1.29, 1.82) is 0 Å². The Morgan fingerprint density at radius 2 is 2.07 bits per heavy atom. The van der Waals surface area contributed by atoms with Crippen LogP contribution < -0.4 is 15.4 Å². The Morgan fingerprint density at radius 3 is 2.96 bits per heavy atom. The highest BCUT2D eigenvalue weighted by atomic mass is 16.6. The third-order valence-corrected chi connectivity index (χ3v) is 6.74. The number of anilines is 2. The van der Waals surface area contributed by atoms with Crippen molar-refractivity contribution in [3.63, 3.8) is 0 Å². The van der Waals surface area contributed by atoms with Gasteiger partial charge in [-0.05, 0) is 44.6 Å². The lowest BCUT2D eigenvalue weighted by atomic mass is 9.39. The van der Waals surface area contributed by atoms with Crippen LogP contribution in [0.1, 0.15) is 50.1 Å². The SMILES string of the molecule is O=C1NC23CC(COc4cc(ccn4)Nc4cc([nH]n4)[C@H]4CC[C@H](C4)O1)(C2)C3. The molecule has 0 saturated heterocycles. The van der Waals surface area contributed by atoms with E-state index >= 15 is 0 Å². The summed E-state index contributed by atoms with van der Waals surface area (Å²) in [5.41, 5.74) is 2.05. The van der Waals surface area contributed by atoms with Crippen LogP contribution in [0.4, 0.5) is 16.3 Å². The van der Waals surface area contributed by atoms with Gasteiger partial charge in [-0.1, -0.05) is 0 Å². The van der Waals surface area contributed by atoms with Gasteiger partial charge in [0.1, 0.15) is 6.10 Å². The summed E-state index contributed by atoms with van der Waals surface area (Å²) in [6, 6.07) is 5.84. The summed E-state index contributed by atoms with van der Waals surface area (Å²) in [5, 5.41) is 13.9. The van der Waals surface area contributed by atoms with E-state index in [1.54, 1.807) is 6.20 Å². The van der Waals surface area contributed by atoms with E-state index in [1.807, 2.05) is 18.2 Å². The normalized spacial score (nSPS) is 35.6. The molecule has 146 valence electrons. The predicted molar refractivity (Wildman–Crippen MR) is 101 cm³/mol. The summed E-state index contributed by atoms with van der Waals surface area (Å²) < 4.78 is 11.7. The van der Waals surface area contributed by atoms with E-state index in [0.717, 1.165) is 55.7 Å². The summed E-state index contributed by atoms with van der Waals surface area (Å²) in [7, 11) is 0. The molecule has 8 heteroatoms. The maximum atomic E-state index is 12.4. The lowest BCUT2D eigenvalue weighted by Crippen LogP contribution is -2.76. The van der Waals surface area contributed by atoms with E-state index in [9.17, 15) is 4.79 Å². The fourth-order valence-corrected chi connectivity index (χ4v) is 5.56. The quantitative estimate of drug-likeness (QED) is 0.648. The first-order valence-electron chi connectivity index (χ1n) is 9.99. The molecule has 8 bridgehead atoms. The van der Waals surface area contributed by atoms with Crippen LogP contribution in [0.2, 0.25) is 0 Å². The molecule has 4 aliphatic carbocycles. The number of carbonyl (C=O) groups is 1. The largest absolute Gasteiger partial charge is 0.477 e. The van der Waals surface area contributed by atoms with Crippen LogP contribution in [0.3, 0.4) is 0 Å². The average Bonchev–Trinajstić information content (AvgIpc) is 3.25. The van der Waals surface area contributed by atoms with Crippen LogP contribution in [0, 0.1) is 5.41 Å². The van der Waals surface area contributed by atoms with E-state index in [2.05, 4.69) is 25.8 Å². The fourth-order valence-electron chi connectivity index (χ4n) is 5.56. The topological polar surface area (TPSA) is 101 Å². The van der Waals surface area contributed by atoms with Gasteiger partial charge >= 0.3 is 6.09 Å². The lowest BCUT2D eigenvalue weighted by Gasteiger charge is -2.69. The number of hydrogen-bond donors (Lipinski definition) is 3. The molecular formula is C20H23N5O3. The summed E-state index contributed by atoms with van der Waals surface area (Å²) >= 11 is 0. The molecule has 3 N–H and O–H groups in total. The number of hydrogen-bond acceptors (Lipinski definition) is 6. The number of carbonyl (C=O) groups excluding carboxylic acids is 1. The van der Waals surface area contributed by atoms with Gasteiger partial charge in [-0.2, -0.15) is 5.10 Å². The van der Waals surface area contributed by atoms with Gasteiger partial charge in [0.05, 0.1) is 6.61 Å². The number of amides is 1. The second-order valence-electron chi connectivity index (χ2n) is 8.98. The minimum atomic E-state index is -0.276. The number of rotatable bonds is 0. The Hall–Kier alpha value is -2.77. The predicted octanol–water partition coefficient (Wildman–Crippen LogP) is 3.23. The molecule has 0 spiro atoms. The zero-order chi connectivity index (χ0) is 18.8. The summed E-state index contributed by atoms with van der Waals surface area (Å²) in [6.45, 7) is 0.624. The van der Waals surface area contributed by atoms with Gasteiger partial charge in [0.2, 0.25) is 5.88 Å². The van der Waals surface area contributed by atoms with Gasteiger partial charge < -0.3 is 20.1 Å². The average molecular weight is 381 g/mol. The van der Waals surface area contributed by atoms with Crippen molar-refractivity contribution in [3.8, 4) is 5.88 Å². The highest BCUT2D eigenvalue weighted by molar-refractivity contribution is 5.69. The monoisotopic (exact) mass is 381 g/mol. The van der Waals surface area contributed by atoms with E-state index in [0.29, 0.717) is 18.4 Å². The molecule has 3 aliphatic heterocycles. The number of nitrogens with zero attached hydrogens (tertiary/aromatic N) is 2. The molecule has 4 saturated carbocycles. The molecule has 2 aromatic rings. The van der Waals surface area contributed by atoms with E-state index < -0.39 is 0 Å². The number of H-pyrrole nitrogens is 1. The maximum absolute atomic E-state index is 12.4. The molecule has 0 unspecified atom stereocenters. The van der Waals surface area contributed by atoms with Crippen molar-refractivity contribution in [1.82, 2.24) is 20.5 Å². The fraction of sp³-hybridized carbons (Fsp3) is 0.550. The van der Waals surface area contributed by atoms with E-state index in [-0.39, 0.29) is 23.2 Å². The van der Waals surface area contributed by atoms with Crippen LogP contribution in [0.15, 0.2) is 24.4 Å². The number of alkyl carbamates (subject to hydrolysis) is 1. The van der Waals surface area contributed by atoms with Crippen LogP contribution in [-0.4, -0.2) is 39.5 Å². The molecule has 2 aromatic heterocycles. The van der Waals surface area contributed by atoms with Crippen LogP contribution in [0.5, 0.6) is 5.88 Å². The van der Waals surface area contributed by atoms with Crippen molar-refractivity contribution < 1.29 is 14.3 Å². The van der Waals surface area contributed by atoms with Crippen molar-refractivity contribution in [3.05, 3.63) is 30.1 Å². The van der Waals surface area contributed by atoms with E-state index in [4.69, 9.17) is 9.47 Å². The van der Waals surface area contributed by atoms with Crippen LogP contribution in [-0.2, 0) is 4.74 Å². The Balaban J connectivity index is 1.27. The zero-order valence-corrected chi connectivity index (χ0v) is 15.5. The minimum Gasteiger partial charge on any atom is -0.477 e. The molecule has 0 aromatic carbocycles. The van der Waals surface area contributed by atoms with Crippen LogP contribution >= 0.6 is 0 Å². The van der Waals surface area contributed by atoms with Gasteiger partial charge in [-0.3, -0.25) is 5.10 Å². The first kappa shape index (κ1) is 16.2. The third-order valence-electron chi connectivity index (χ3n) is 6.74. The first-order valence-corrected chi connectivity index (χ1v) is 9.99. The number of aromatic nitrogens is 3. The van der Waals surface area contributed by atoms with Gasteiger partial charge in [-0.15, -0.1) is 0 Å². The van der Waals surface area contributed by atoms with Crippen molar-refractivity contribution in [2.24, 2.45) is 5.41 Å². The Labute approximate surface area is 162 Å². The van der Waals surface area contributed by atoms with Gasteiger partial charge in [0.25, 0.3) is 0 Å². The second-order valence-corrected chi connectivity index (χ2v) is 8.98. The highest BCUT2D eigenvalue weighted by Crippen LogP contribution is 2.67. The summed E-state index contributed by atoms with van der Waals surface area (Å²) in [5.74, 6) is 1.69. The Kier molecular flexibility index (Phi) is 3.25. The maximum Gasteiger partial charge on any atom is 0.407 e. The van der Waals surface area contributed by atoms with Crippen molar-refractivity contribution in [2.75, 3.05) is 11.9 Å². The zero-order valence-electron chi connectivity index (χ0n) is 15.5. The standard InChI is InChI=1S/C20H23N5O3/c26-18-23-20-8-19(9-20,10-20)11-27-17-6-13(3-4-21-17)22-16-7-15(24-25-16)12-1-2-14(5-12)28-18/h3-4,6-7,12,14H,1-2,5,8-11H2,(H,23,26)(H2,22,24,25)/t12-,14+,19?,20?/m0/s1. The molecule has 1 amide bonds. The second kappa shape index (κ2) is 5.62. The molecule has 0 radical (unpaired) electrons. The number of pyridine rings is 1. The summed E-state index contributed by atoms with van der Waals surface area (Å²) in [6.07, 6.45) is 7.00. The summed E-state index contributed by atoms with van der Waals surface area (Å²) in [4.78, 5) is 16.7. The first-order chi connectivity index (χ1) is 13.6. The Bertz CT molecular complexity index is 922. The van der Waals surface area contributed by atoms with E-state index in [1.165, 1.54) is 0 Å². The molecule has 2 atom stereocenters. The van der Waals surface area contributed by atoms with Gasteiger partial charge in [0.15, 0.2) is 5.82 Å². The van der Waals surface area contributed by atoms with Crippen LogP contribution in [0.25, 0.3) is 0 Å². The highest BCUT2D eigenvalue weighted by Gasteiger charge is 2.69. The van der Waals surface area contributed by atoms with Gasteiger partial charge in [-0.25, -0.2) is 9.78 Å². The Morgan fingerprint density at radius 1 is 1.18 bits per heavy atom. The molecule has 4 fully saturated rings. The number of nitrogens with one attached hydrogen (secondary N) is 3. The number of ether oxygens (including phenoxy) is 2. The minimum absolute atomic E-state index is 0.0315. The molecule has 5 heterocycles. The molecule has 8 nitrogen and oxygen atoms in total. The lowest BCUT2D eigenvalue weighted by molar-refractivity contribution is -0.170. The molecular weight excluding hydrogens is 358 g/mol. The smallest absolute Gasteiger partial charge is 0.407 e. The van der Waals surface area contributed by atoms with Crippen molar-refractivity contribution >= 4 is 17.6 Å². The van der Waals surface area contributed by atoms with Gasteiger partial charge in [0, 0.05) is 46.6 Å².